The second-order valence-corrected chi connectivity index (χ2v) is 4.96. The van der Waals surface area contributed by atoms with Crippen LogP contribution in [0.25, 0.3) is 0 Å². The lowest BCUT2D eigenvalue weighted by Gasteiger charge is -2.29. The van der Waals surface area contributed by atoms with Gasteiger partial charge in [-0.25, -0.2) is 4.39 Å². The predicted octanol–water partition coefficient (Wildman–Crippen LogP) is 1.36. The summed E-state index contributed by atoms with van der Waals surface area (Å²) in [6, 6.07) is 6.51. The van der Waals surface area contributed by atoms with Gasteiger partial charge >= 0.3 is 0 Å². The Morgan fingerprint density at radius 1 is 1.39 bits per heavy atom. The van der Waals surface area contributed by atoms with Crippen LogP contribution in [0, 0.1) is 5.82 Å². The van der Waals surface area contributed by atoms with E-state index < -0.39 is 0 Å². The molecule has 0 unspecified atom stereocenters. The first-order chi connectivity index (χ1) is 8.63. The van der Waals surface area contributed by atoms with Gasteiger partial charge in [-0.15, -0.1) is 0 Å². The van der Waals surface area contributed by atoms with Gasteiger partial charge in [-0.2, -0.15) is 0 Å². The van der Waals surface area contributed by atoms with Gasteiger partial charge in [0.2, 0.25) is 0 Å². The van der Waals surface area contributed by atoms with Gasteiger partial charge in [0.25, 0.3) is 0 Å². The van der Waals surface area contributed by atoms with Crippen molar-refractivity contribution in [2.75, 3.05) is 19.6 Å². The molecular formula is C14H19FN2O. The standard InChI is InChI=1S/C14H19FN2O/c15-12-3-1-2-11(8-12)9-14(18)10-17-6-4-13(16)5-7-17/h1-3,8,13H,4-7,9-10,16H2. The molecule has 0 bridgehead atoms. The summed E-state index contributed by atoms with van der Waals surface area (Å²) < 4.78 is 13.0. The largest absolute Gasteiger partial charge is 0.328 e. The average molecular weight is 250 g/mol. The van der Waals surface area contributed by atoms with Crippen molar-refractivity contribution >= 4 is 5.78 Å². The summed E-state index contributed by atoms with van der Waals surface area (Å²) in [5.74, 6) is -0.152. The van der Waals surface area contributed by atoms with Gasteiger partial charge in [-0.05, 0) is 30.5 Å². The van der Waals surface area contributed by atoms with E-state index in [1.54, 1.807) is 12.1 Å². The number of carbonyl (C=O) groups excluding carboxylic acids is 1. The van der Waals surface area contributed by atoms with E-state index in [0.717, 1.165) is 31.5 Å². The molecule has 0 aliphatic carbocycles. The van der Waals surface area contributed by atoms with Gasteiger partial charge in [0, 0.05) is 25.6 Å². The zero-order chi connectivity index (χ0) is 13.0. The smallest absolute Gasteiger partial charge is 0.151 e. The van der Waals surface area contributed by atoms with Gasteiger partial charge in [0.05, 0.1) is 6.54 Å². The number of nitrogens with zero attached hydrogens (tertiary/aromatic N) is 1. The number of piperidine rings is 1. The molecule has 0 saturated carbocycles. The lowest BCUT2D eigenvalue weighted by atomic mass is 10.0. The van der Waals surface area contributed by atoms with Crippen molar-refractivity contribution in [2.45, 2.75) is 25.3 Å². The highest BCUT2D eigenvalue weighted by molar-refractivity contribution is 5.82. The van der Waals surface area contributed by atoms with E-state index in [4.69, 9.17) is 5.73 Å². The predicted molar refractivity (Wildman–Crippen MR) is 68.8 cm³/mol. The van der Waals surface area contributed by atoms with Crippen molar-refractivity contribution in [3.05, 3.63) is 35.6 Å². The minimum atomic E-state index is -0.288. The number of carbonyl (C=O) groups is 1. The van der Waals surface area contributed by atoms with Crippen molar-refractivity contribution in [3.8, 4) is 0 Å². The fourth-order valence-electron chi connectivity index (χ4n) is 2.29. The van der Waals surface area contributed by atoms with E-state index in [9.17, 15) is 9.18 Å². The van der Waals surface area contributed by atoms with Gasteiger partial charge in [-0.3, -0.25) is 9.69 Å². The summed E-state index contributed by atoms with van der Waals surface area (Å²) in [4.78, 5) is 14.0. The van der Waals surface area contributed by atoms with Gasteiger partial charge in [0.15, 0.2) is 5.78 Å². The molecule has 1 fully saturated rings. The Bertz CT molecular complexity index is 414. The monoisotopic (exact) mass is 250 g/mol. The van der Waals surface area contributed by atoms with E-state index in [0.29, 0.717) is 13.0 Å². The molecule has 1 aliphatic heterocycles. The molecule has 1 aromatic rings. The number of nitrogens with two attached hydrogens (primary N) is 1. The first-order valence-corrected chi connectivity index (χ1v) is 6.37. The fourth-order valence-corrected chi connectivity index (χ4v) is 2.29. The maximum absolute atomic E-state index is 13.0. The van der Waals surface area contributed by atoms with Crippen LogP contribution in [0.3, 0.4) is 0 Å². The Hall–Kier alpha value is -1.26. The zero-order valence-corrected chi connectivity index (χ0v) is 10.4. The molecule has 0 aromatic heterocycles. The molecule has 3 nitrogen and oxygen atoms in total. The summed E-state index contributed by atoms with van der Waals surface area (Å²) in [5, 5.41) is 0. The molecular weight excluding hydrogens is 231 g/mol. The van der Waals surface area contributed by atoms with Crippen LogP contribution in [0.5, 0.6) is 0 Å². The highest BCUT2D eigenvalue weighted by Crippen LogP contribution is 2.09. The number of hydrogen-bond acceptors (Lipinski definition) is 3. The number of halogens is 1. The zero-order valence-electron chi connectivity index (χ0n) is 10.4. The Morgan fingerprint density at radius 3 is 2.78 bits per heavy atom. The first-order valence-electron chi connectivity index (χ1n) is 6.37. The van der Waals surface area contributed by atoms with Crippen molar-refractivity contribution in [1.82, 2.24) is 4.90 Å². The van der Waals surface area contributed by atoms with Gasteiger partial charge in [-0.1, -0.05) is 12.1 Å². The highest BCUT2D eigenvalue weighted by Gasteiger charge is 2.18. The van der Waals surface area contributed by atoms with Crippen LogP contribution in [0.1, 0.15) is 18.4 Å². The summed E-state index contributed by atoms with van der Waals surface area (Å²) >= 11 is 0. The third kappa shape index (κ3) is 3.89. The molecule has 0 radical (unpaired) electrons. The Balaban J connectivity index is 1.82. The maximum Gasteiger partial charge on any atom is 0.151 e. The van der Waals surface area contributed by atoms with Gasteiger partial charge in [0.1, 0.15) is 5.82 Å². The van der Waals surface area contributed by atoms with Crippen molar-refractivity contribution in [3.63, 3.8) is 0 Å². The van der Waals surface area contributed by atoms with Crippen LogP contribution in [0.2, 0.25) is 0 Å². The molecule has 0 atom stereocenters. The number of likely N-dealkylation sites (tertiary alicyclic amines) is 1. The van der Waals surface area contributed by atoms with Crippen LogP contribution >= 0.6 is 0 Å². The molecule has 1 heterocycles. The molecule has 18 heavy (non-hydrogen) atoms. The molecule has 2 rings (SSSR count). The topological polar surface area (TPSA) is 46.3 Å². The number of benzene rings is 1. The summed E-state index contributed by atoms with van der Waals surface area (Å²) in [7, 11) is 0. The normalized spacial score (nSPS) is 17.9. The van der Waals surface area contributed by atoms with Gasteiger partial charge < -0.3 is 5.73 Å². The SMILES string of the molecule is NC1CCN(CC(=O)Cc2cccc(F)c2)CC1. The molecule has 2 N–H and O–H groups in total. The highest BCUT2D eigenvalue weighted by atomic mass is 19.1. The van der Waals surface area contributed by atoms with E-state index in [2.05, 4.69) is 4.90 Å². The van der Waals surface area contributed by atoms with Crippen molar-refractivity contribution < 1.29 is 9.18 Å². The minimum Gasteiger partial charge on any atom is -0.328 e. The number of Topliss-reactive ketones (excluding diaryl/α,β-unsaturated/α-hetero) is 1. The third-order valence-corrected chi connectivity index (χ3v) is 3.32. The summed E-state index contributed by atoms with van der Waals surface area (Å²) in [6.07, 6.45) is 2.21. The van der Waals surface area contributed by atoms with Crippen molar-refractivity contribution in [2.24, 2.45) is 5.73 Å². The second kappa shape index (κ2) is 6.07. The van der Waals surface area contributed by atoms with E-state index in [1.165, 1.54) is 12.1 Å². The molecule has 0 amide bonds. The van der Waals surface area contributed by atoms with Crippen LogP contribution in [-0.2, 0) is 11.2 Å². The third-order valence-electron chi connectivity index (χ3n) is 3.32. The molecule has 1 aliphatic rings. The summed E-state index contributed by atoms with van der Waals surface area (Å²) in [5.41, 5.74) is 6.56. The number of ketones is 1. The summed E-state index contributed by atoms with van der Waals surface area (Å²) in [6.45, 7) is 2.22. The lowest BCUT2D eigenvalue weighted by molar-refractivity contribution is -0.119. The van der Waals surface area contributed by atoms with Crippen LogP contribution in [0.4, 0.5) is 4.39 Å². The van der Waals surface area contributed by atoms with E-state index in [1.807, 2.05) is 0 Å². The lowest BCUT2D eigenvalue weighted by Crippen LogP contribution is -2.42. The van der Waals surface area contributed by atoms with E-state index >= 15 is 0 Å². The van der Waals surface area contributed by atoms with Crippen LogP contribution in [0.15, 0.2) is 24.3 Å². The molecule has 1 saturated heterocycles. The van der Waals surface area contributed by atoms with Crippen LogP contribution < -0.4 is 5.73 Å². The molecule has 4 heteroatoms. The molecule has 1 aromatic carbocycles. The van der Waals surface area contributed by atoms with Crippen molar-refractivity contribution in [1.29, 1.82) is 0 Å². The molecule has 0 spiro atoms. The Labute approximate surface area is 107 Å². The number of hydrogen-bond donors (Lipinski definition) is 1. The maximum atomic E-state index is 13.0. The number of rotatable bonds is 4. The second-order valence-electron chi connectivity index (χ2n) is 4.96. The quantitative estimate of drug-likeness (QED) is 0.877. The fraction of sp³-hybridized carbons (Fsp3) is 0.500. The average Bonchev–Trinajstić information content (AvgIpc) is 2.32. The van der Waals surface area contributed by atoms with E-state index in [-0.39, 0.29) is 17.6 Å². The van der Waals surface area contributed by atoms with Crippen LogP contribution in [-0.4, -0.2) is 36.4 Å². The Kier molecular flexibility index (Phi) is 4.44. The first kappa shape index (κ1) is 13.2. The minimum absolute atomic E-state index is 0.135. The molecule has 98 valence electrons. The Morgan fingerprint density at radius 2 is 2.11 bits per heavy atom.